The van der Waals surface area contributed by atoms with Crippen molar-refractivity contribution in [3.05, 3.63) is 0 Å². The zero-order chi connectivity index (χ0) is 9.47. The normalized spacial score (nSPS) is 38.5. The maximum atomic E-state index is 9.59. The third-order valence-electron chi connectivity index (χ3n) is 3.53. The van der Waals surface area contributed by atoms with Crippen LogP contribution in [0.2, 0.25) is 0 Å². The topological polar surface area (TPSA) is 32.3 Å². The quantitative estimate of drug-likeness (QED) is 0.695. The van der Waals surface area contributed by atoms with Crippen LogP contribution < -0.4 is 5.32 Å². The van der Waals surface area contributed by atoms with Gasteiger partial charge in [0, 0.05) is 12.6 Å². The predicted octanol–water partition coefficient (Wildman–Crippen LogP) is 1.54. The van der Waals surface area contributed by atoms with E-state index in [0.29, 0.717) is 6.04 Å². The molecular weight excluding hydrogens is 162 g/mol. The summed E-state index contributed by atoms with van der Waals surface area (Å²) < 4.78 is 0. The minimum Gasteiger partial charge on any atom is -0.389 e. The molecule has 2 nitrogen and oxygen atoms in total. The molecule has 2 aliphatic rings. The molecular formula is C11H21NO. The van der Waals surface area contributed by atoms with Gasteiger partial charge in [-0.25, -0.2) is 0 Å². The summed E-state index contributed by atoms with van der Waals surface area (Å²) in [5.74, 6) is 1.90. The number of nitrogens with one attached hydrogen (secondary N) is 1. The molecule has 0 saturated heterocycles. The lowest BCUT2D eigenvalue weighted by molar-refractivity contribution is 0.0736. The molecule has 2 rings (SSSR count). The minimum absolute atomic E-state index is 0.554. The van der Waals surface area contributed by atoms with Crippen LogP contribution in [0.4, 0.5) is 0 Å². The van der Waals surface area contributed by atoms with Crippen molar-refractivity contribution in [2.75, 3.05) is 6.54 Å². The first-order valence-electron chi connectivity index (χ1n) is 5.50. The summed E-state index contributed by atoms with van der Waals surface area (Å²) in [6.45, 7) is 4.47. The summed E-state index contributed by atoms with van der Waals surface area (Å²) >= 11 is 0. The molecule has 2 fully saturated rings. The second-order valence-corrected chi connectivity index (χ2v) is 5.47. The SMILES string of the molecule is CC(C)(O)CN[C@@H]1C[C@@H]2CC[C@@H]1C2. The van der Waals surface area contributed by atoms with Crippen LogP contribution in [-0.2, 0) is 0 Å². The Morgan fingerprint density at radius 1 is 1.31 bits per heavy atom. The van der Waals surface area contributed by atoms with E-state index in [2.05, 4.69) is 5.32 Å². The van der Waals surface area contributed by atoms with Crippen molar-refractivity contribution in [3.63, 3.8) is 0 Å². The van der Waals surface area contributed by atoms with Gasteiger partial charge in [0.05, 0.1) is 5.60 Å². The molecule has 2 saturated carbocycles. The van der Waals surface area contributed by atoms with Gasteiger partial charge in [-0.15, -0.1) is 0 Å². The molecule has 2 aliphatic carbocycles. The number of aliphatic hydroxyl groups is 1. The van der Waals surface area contributed by atoms with Crippen molar-refractivity contribution in [2.45, 2.75) is 51.2 Å². The lowest BCUT2D eigenvalue weighted by atomic mass is 9.95. The van der Waals surface area contributed by atoms with Crippen LogP contribution in [0.1, 0.15) is 39.5 Å². The van der Waals surface area contributed by atoms with Crippen LogP contribution in [0.15, 0.2) is 0 Å². The van der Waals surface area contributed by atoms with Gasteiger partial charge in [-0.2, -0.15) is 0 Å². The molecule has 2 bridgehead atoms. The van der Waals surface area contributed by atoms with Gasteiger partial charge in [0.25, 0.3) is 0 Å². The Morgan fingerprint density at radius 2 is 2.08 bits per heavy atom. The maximum Gasteiger partial charge on any atom is 0.0715 e. The Bertz CT molecular complexity index is 185. The molecule has 0 aromatic rings. The Kier molecular flexibility index (Phi) is 2.37. The Hall–Kier alpha value is -0.0800. The third-order valence-corrected chi connectivity index (χ3v) is 3.53. The molecule has 76 valence electrons. The standard InChI is InChI=1S/C11H21NO/c1-11(2,13)7-12-10-6-8-3-4-9(10)5-8/h8-10,12-13H,3-7H2,1-2H3/t8-,9-,10-/m1/s1. The molecule has 13 heavy (non-hydrogen) atoms. The van der Waals surface area contributed by atoms with Gasteiger partial charge in [0.2, 0.25) is 0 Å². The van der Waals surface area contributed by atoms with Crippen molar-refractivity contribution in [1.82, 2.24) is 5.32 Å². The molecule has 0 aromatic heterocycles. The van der Waals surface area contributed by atoms with Gasteiger partial charge in [0.1, 0.15) is 0 Å². The van der Waals surface area contributed by atoms with Crippen LogP contribution in [-0.4, -0.2) is 23.3 Å². The van der Waals surface area contributed by atoms with Gasteiger partial charge < -0.3 is 10.4 Å². The van der Waals surface area contributed by atoms with Crippen molar-refractivity contribution in [2.24, 2.45) is 11.8 Å². The smallest absolute Gasteiger partial charge is 0.0715 e. The summed E-state index contributed by atoms with van der Waals surface area (Å²) in [5.41, 5.74) is -0.554. The van der Waals surface area contributed by atoms with Crippen LogP contribution in [0.5, 0.6) is 0 Å². The van der Waals surface area contributed by atoms with Crippen molar-refractivity contribution < 1.29 is 5.11 Å². The summed E-state index contributed by atoms with van der Waals surface area (Å²) in [4.78, 5) is 0. The zero-order valence-corrected chi connectivity index (χ0v) is 8.71. The molecule has 0 heterocycles. The lowest BCUT2D eigenvalue weighted by Crippen LogP contribution is -2.42. The summed E-state index contributed by atoms with van der Waals surface area (Å²) in [6.07, 6.45) is 5.64. The van der Waals surface area contributed by atoms with E-state index in [1.165, 1.54) is 25.7 Å². The van der Waals surface area contributed by atoms with Crippen molar-refractivity contribution >= 4 is 0 Å². The number of hydrogen-bond donors (Lipinski definition) is 2. The average Bonchev–Trinajstić information content (AvgIpc) is 2.58. The predicted molar refractivity (Wildman–Crippen MR) is 53.5 cm³/mol. The van der Waals surface area contributed by atoms with E-state index < -0.39 is 5.60 Å². The van der Waals surface area contributed by atoms with E-state index in [0.717, 1.165) is 18.4 Å². The molecule has 0 spiro atoms. The second kappa shape index (κ2) is 3.25. The Morgan fingerprint density at radius 3 is 2.54 bits per heavy atom. The summed E-state index contributed by atoms with van der Waals surface area (Å²) in [7, 11) is 0. The van der Waals surface area contributed by atoms with E-state index in [1.807, 2.05) is 13.8 Å². The van der Waals surface area contributed by atoms with E-state index in [-0.39, 0.29) is 0 Å². The first-order chi connectivity index (χ1) is 6.04. The fraction of sp³-hybridized carbons (Fsp3) is 1.00. The van der Waals surface area contributed by atoms with E-state index in [4.69, 9.17) is 0 Å². The third kappa shape index (κ3) is 2.23. The van der Waals surface area contributed by atoms with Gasteiger partial charge in [-0.05, 0) is 44.9 Å². The van der Waals surface area contributed by atoms with Crippen LogP contribution in [0, 0.1) is 11.8 Å². The highest BCUT2D eigenvalue weighted by Gasteiger charge is 2.39. The molecule has 0 radical (unpaired) electrons. The van der Waals surface area contributed by atoms with Crippen molar-refractivity contribution in [3.8, 4) is 0 Å². The number of hydrogen-bond acceptors (Lipinski definition) is 2. The molecule has 2 N–H and O–H groups in total. The molecule has 2 heteroatoms. The van der Waals surface area contributed by atoms with E-state index >= 15 is 0 Å². The molecule has 0 aromatic carbocycles. The number of fused-ring (bicyclic) bond motifs is 2. The highest BCUT2D eigenvalue weighted by Crippen LogP contribution is 2.44. The highest BCUT2D eigenvalue weighted by molar-refractivity contribution is 4.94. The fourth-order valence-electron chi connectivity index (χ4n) is 2.88. The fourth-order valence-corrected chi connectivity index (χ4v) is 2.88. The average molecular weight is 183 g/mol. The van der Waals surface area contributed by atoms with Crippen LogP contribution in [0.3, 0.4) is 0 Å². The lowest BCUT2D eigenvalue weighted by Gasteiger charge is -2.27. The van der Waals surface area contributed by atoms with Crippen LogP contribution >= 0.6 is 0 Å². The van der Waals surface area contributed by atoms with Crippen LogP contribution in [0.25, 0.3) is 0 Å². The van der Waals surface area contributed by atoms with E-state index in [9.17, 15) is 5.11 Å². The molecule has 0 amide bonds. The van der Waals surface area contributed by atoms with Gasteiger partial charge in [-0.3, -0.25) is 0 Å². The Labute approximate surface area is 80.7 Å². The maximum absolute atomic E-state index is 9.59. The second-order valence-electron chi connectivity index (χ2n) is 5.47. The van der Waals surface area contributed by atoms with E-state index in [1.54, 1.807) is 0 Å². The first kappa shape index (κ1) is 9.47. The molecule has 0 aliphatic heterocycles. The largest absolute Gasteiger partial charge is 0.389 e. The summed E-state index contributed by atoms with van der Waals surface area (Å²) in [6, 6.07) is 0.699. The first-order valence-corrected chi connectivity index (χ1v) is 5.50. The van der Waals surface area contributed by atoms with Crippen molar-refractivity contribution in [1.29, 1.82) is 0 Å². The van der Waals surface area contributed by atoms with Gasteiger partial charge >= 0.3 is 0 Å². The molecule has 0 unspecified atom stereocenters. The minimum atomic E-state index is -0.554. The number of rotatable bonds is 3. The van der Waals surface area contributed by atoms with Gasteiger partial charge in [-0.1, -0.05) is 6.42 Å². The van der Waals surface area contributed by atoms with Gasteiger partial charge in [0.15, 0.2) is 0 Å². The Balaban J connectivity index is 1.78. The summed E-state index contributed by atoms with van der Waals surface area (Å²) in [5, 5.41) is 13.1. The monoisotopic (exact) mass is 183 g/mol. The highest BCUT2D eigenvalue weighted by atomic mass is 16.3. The zero-order valence-electron chi connectivity index (χ0n) is 8.71. The molecule has 3 atom stereocenters.